The van der Waals surface area contributed by atoms with Crippen molar-refractivity contribution < 1.29 is 27.4 Å². The Morgan fingerprint density at radius 2 is 2.00 bits per heavy atom. The molecule has 2 aliphatic rings. The molecule has 0 aliphatic carbocycles. The van der Waals surface area contributed by atoms with E-state index in [4.69, 9.17) is 14.2 Å². The molecule has 1 amide bonds. The van der Waals surface area contributed by atoms with E-state index in [9.17, 15) is 13.2 Å². The lowest BCUT2D eigenvalue weighted by Gasteiger charge is -2.32. The molecule has 1 fully saturated rings. The molecule has 0 radical (unpaired) electrons. The quantitative estimate of drug-likeness (QED) is 0.769. The van der Waals surface area contributed by atoms with Crippen LogP contribution in [-0.2, 0) is 10.0 Å². The van der Waals surface area contributed by atoms with Gasteiger partial charge >= 0.3 is 0 Å². The van der Waals surface area contributed by atoms with Gasteiger partial charge in [-0.05, 0) is 36.4 Å². The van der Waals surface area contributed by atoms with Crippen molar-refractivity contribution in [2.75, 3.05) is 33.4 Å². The van der Waals surface area contributed by atoms with E-state index >= 15 is 0 Å². The molecule has 1 saturated heterocycles. The van der Waals surface area contributed by atoms with Gasteiger partial charge in [0.15, 0.2) is 11.5 Å². The Kier molecular flexibility index (Phi) is 5.66. The molecule has 0 spiro atoms. The van der Waals surface area contributed by atoms with Crippen LogP contribution in [0.4, 0.5) is 0 Å². The van der Waals surface area contributed by atoms with E-state index in [1.165, 1.54) is 18.4 Å². The van der Waals surface area contributed by atoms with E-state index in [0.717, 1.165) is 0 Å². The van der Waals surface area contributed by atoms with Gasteiger partial charge in [-0.1, -0.05) is 6.07 Å². The fourth-order valence-corrected chi connectivity index (χ4v) is 5.79. The molecule has 29 heavy (non-hydrogen) atoms. The molecular weight excluding hydrogens is 416 g/mol. The second kappa shape index (κ2) is 8.21. The van der Waals surface area contributed by atoms with E-state index in [2.05, 4.69) is 4.72 Å². The summed E-state index contributed by atoms with van der Waals surface area (Å²) >= 11 is 1.19. The number of benzene rings is 1. The van der Waals surface area contributed by atoms with Crippen LogP contribution in [0.15, 0.2) is 33.9 Å². The van der Waals surface area contributed by atoms with Crippen molar-refractivity contribution in [1.29, 1.82) is 0 Å². The van der Waals surface area contributed by atoms with Crippen molar-refractivity contribution in [3.8, 4) is 17.2 Å². The third-order valence-electron chi connectivity index (χ3n) is 4.94. The maximum atomic E-state index is 13.0. The van der Waals surface area contributed by atoms with Gasteiger partial charge in [-0.25, -0.2) is 13.1 Å². The van der Waals surface area contributed by atoms with Gasteiger partial charge in [0.25, 0.3) is 5.91 Å². The highest BCUT2D eigenvalue weighted by Crippen LogP contribution is 2.40. The van der Waals surface area contributed by atoms with E-state index in [0.29, 0.717) is 66.2 Å². The summed E-state index contributed by atoms with van der Waals surface area (Å²) < 4.78 is 44.3. The lowest BCUT2D eigenvalue weighted by atomic mass is 10.0. The Morgan fingerprint density at radius 1 is 1.24 bits per heavy atom. The number of nitrogens with zero attached hydrogens (tertiary/aromatic N) is 1. The minimum atomic E-state index is -3.51. The summed E-state index contributed by atoms with van der Waals surface area (Å²) in [6.07, 6.45) is 1.11. The first-order valence-electron chi connectivity index (χ1n) is 9.30. The van der Waals surface area contributed by atoms with E-state index in [1.54, 1.807) is 34.5 Å². The first-order chi connectivity index (χ1) is 14.0. The number of amides is 1. The second-order valence-electron chi connectivity index (χ2n) is 6.82. The molecule has 0 unspecified atom stereocenters. The van der Waals surface area contributed by atoms with Crippen LogP contribution >= 0.6 is 11.3 Å². The minimum Gasteiger partial charge on any atom is -0.493 e. The number of piperidine rings is 1. The molecule has 0 atom stereocenters. The number of sulfonamides is 1. The van der Waals surface area contributed by atoms with Gasteiger partial charge < -0.3 is 19.1 Å². The summed E-state index contributed by atoms with van der Waals surface area (Å²) in [5.41, 5.74) is 0.462. The number of carbonyl (C=O) groups excluding carboxylic acids is 1. The number of hydrogen-bond donors (Lipinski definition) is 1. The van der Waals surface area contributed by atoms with Crippen LogP contribution in [0.25, 0.3) is 0 Å². The fraction of sp³-hybridized carbons (Fsp3) is 0.421. The third kappa shape index (κ3) is 4.19. The van der Waals surface area contributed by atoms with Gasteiger partial charge in [-0.15, -0.1) is 11.3 Å². The first kappa shape index (κ1) is 20.0. The summed E-state index contributed by atoms with van der Waals surface area (Å²) in [6.45, 7) is 1.79. The highest BCUT2D eigenvalue weighted by molar-refractivity contribution is 7.91. The van der Waals surface area contributed by atoms with Gasteiger partial charge in [0.05, 0.1) is 7.11 Å². The van der Waals surface area contributed by atoms with Crippen molar-refractivity contribution in [2.45, 2.75) is 23.1 Å². The van der Waals surface area contributed by atoms with Gasteiger partial charge in [0.1, 0.15) is 17.4 Å². The molecule has 1 aromatic heterocycles. The maximum absolute atomic E-state index is 13.0. The molecular formula is C19H22N2O6S2. The van der Waals surface area contributed by atoms with Gasteiger partial charge in [0, 0.05) is 24.7 Å². The number of methoxy groups -OCH3 is 1. The number of nitrogens with one attached hydrogen (secondary N) is 1. The molecule has 4 rings (SSSR count). The fourth-order valence-electron chi connectivity index (χ4n) is 3.47. The average molecular weight is 439 g/mol. The van der Waals surface area contributed by atoms with Crippen LogP contribution in [-0.4, -0.2) is 58.7 Å². The number of rotatable bonds is 5. The smallest absolute Gasteiger partial charge is 0.254 e. The maximum Gasteiger partial charge on any atom is 0.254 e. The Labute approximate surface area is 173 Å². The summed E-state index contributed by atoms with van der Waals surface area (Å²) in [7, 11) is -1.99. The lowest BCUT2D eigenvalue weighted by molar-refractivity contribution is 0.0709. The van der Waals surface area contributed by atoms with Gasteiger partial charge in [-0.3, -0.25) is 4.79 Å². The van der Waals surface area contributed by atoms with E-state index in [-0.39, 0.29) is 11.9 Å². The lowest BCUT2D eigenvalue weighted by Crippen LogP contribution is -2.46. The number of carbonyl (C=O) groups is 1. The van der Waals surface area contributed by atoms with Crippen LogP contribution in [0.2, 0.25) is 0 Å². The molecule has 10 heteroatoms. The number of likely N-dealkylation sites (tertiary alicyclic amines) is 1. The second-order valence-corrected chi connectivity index (χ2v) is 9.71. The van der Waals surface area contributed by atoms with Crippen molar-refractivity contribution in [1.82, 2.24) is 9.62 Å². The summed E-state index contributed by atoms with van der Waals surface area (Å²) in [4.78, 5) is 14.7. The number of thiophene rings is 1. The third-order valence-corrected chi connectivity index (χ3v) is 7.86. The Morgan fingerprint density at radius 3 is 2.69 bits per heavy atom. The van der Waals surface area contributed by atoms with Crippen molar-refractivity contribution in [3.05, 3.63) is 35.2 Å². The van der Waals surface area contributed by atoms with Crippen LogP contribution in [0.1, 0.15) is 23.2 Å². The Hall–Kier alpha value is -2.30. The van der Waals surface area contributed by atoms with Crippen molar-refractivity contribution >= 4 is 27.3 Å². The van der Waals surface area contributed by atoms with Crippen LogP contribution in [0.3, 0.4) is 0 Å². The number of fused-ring (bicyclic) bond motifs is 1. The normalized spacial score (nSPS) is 17.2. The Bertz CT molecular complexity index is 965. The standard InChI is InChI=1S/C19H22N2O6S2/c1-25-15-11-13(12-16-18(15)27-9-8-26-16)19(22)21-6-4-14(5-7-21)20-29(23,24)17-3-2-10-28-17/h2-3,10-12,14,20H,4-9H2,1H3. The number of hydrogen-bond acceptors (Lipinski definition) is 7. The molecule has 2 aromatic rings. The first-order valence-corrected chi connectivity index (χ1v) is 11.7. The molecule has 0 saturated carbocycles. The monoisotopic (exact) mass is 438 g/mol. The van der Waals surface area contributed by atoms with Crippen molar-refractivity contribution in [3.63, 3.8) is 0 Å². The predicted molar refractivity (Wildman–Crippen MR) is 108 cm³/mol. The number of ether oxygens (including phenoxy) is 3. The zero-order chi connectivity index (χ0) is 20.4. The van der Waals surface area contributed by atoms with Crippen LogP contribution in [0.5, 0.6) is 17.2 Å². The van der Waals surface area contributed by atoms with Gasteiger partial charge in [0.2, 0.25) is 15.8 Å². The van der Waals surface area contributed by atoms with E-state index in [1.807, 2.05) is 0 Å². The molecule has 1 N–H and O–H groups in total. The predicted octanol–water partition coefficient (Wildman–Crippen LogP) is 2.11. The topological polar surface area (TPSA) is 94.2 Å². The van der Waals surface area contributed by atoms with Crippen LogP contribution in [0, 0.1) is 0 Å². The SMILES string of the molecule is COc1cc(C(=O)N2CCC(NS(=O)(=O)c3cccs3)CC2)cc2c1OCCO2. The van der Waals surface area contributed by atoms with Crippen LogP contribution < -0.4 is 18.9 Å². The molecule has 8 nitrogen and oxygen atoms in total. The largest absolute Gasteiger partial charge is 0.493 e. The molecule has 3 heterocycles. The van der Waals surface area contributed by atoms with Crippen molar-refractivity contribution in [2.24, 2.45) is 0 Å². The van der Waals surface area contributed by atoms with Gasteiger partial charge in [-0.2, -0.15) is 0 Å². The minimum absolute atomic E-state index is 0.139. The highest BCUT2D eigenvalue weighted by atomic mass is 32.2. The summed E-state index contributed by atoms with van der Waals surface area (Å²) in [5.74, 6) is 1.33. The molecule has 0 bridgehead atoms. The zero-order valence-electron chi connectivity index (χ0n) is 15.9. The molecule has 1 aromatic carbocycles. The Balaban J connectivity index is 1.42. The summed E-state index contributed by atoms with van der Waals surface area (Å²) in [5, 5.41) is 1.73. The summed E-state index contributed by atoms with van der Waals surface area (Å²) in [6, 6.07) is 6.43. The zero-order valence-corrected chi connectivity index (χ0v) is 17.6. The molecule has 2 aliphatic heterocycles. The highest BCUT2D eigenvalue weighted by Gasteiger charge is 2.29. The van der Waals surface area contributed by atoms with E-state index < -0.39 is 10.0 Å². The molecule has 156 valence electrons. The average Bonchev–Trinajstić information content (AvgIpc) is 3.29.